The minimum absolute atomic E-state index is 0.172. The van der Waals surface area contributed by atoms with E-state index >= 15 is 0 Å². The number of aromatic nitrogens is 3. The molecule has 5 heterocycles. The van der Waals surface area contributed by atoms with Gasteiger partial charge in [0.25, 0.3) is 0 Å². The van der Waals surface area contributed by atoms with Crippen LogP contribution in [0.4, 0.5) is 10.5 Å². The first-order chi connectivity index (χ1) is 21.1. The van der Waals surface area contributed by atoms with Crippen LogP contribution in [0.1, 0.15) is 78.2 Å². The predicted molar refractivity (Wildman–Crippen MR) is 172 cm³/mol. The highest BCUT2D eigenvalue weighted by Gasteiger charge is 2.56. The highest BCUT2D eigenvalue weighted by atomic mass is 35.5. The third-order valence-corrected chi connectivity index (χ3v) is 10.5. The second kappa shape index (κ2) is 11.0. The lowest BCUT2D eigenvalue weighted by molar-refractivity contribution is -0.126. The number of ether oxygens (including phenoxy) is 1. The fourth-order valence-corrected chi connectivity index (χ4v) is 8.08. The lowest BCUT2D eigenvalue weighted by atomic mass is 9.73. The third kappa shape index (κ3) is 4.96. The van der Waals surface area contributed by atoms with E-state index in [-0.39, 0.29) is 18.0 Å². The first kappa shape index (κ1) is 29.5. The Morgan fingerprint density at radius 1 is 1.05 bits per heavy atom. The van der Waals surface area contributed by atoms with Crippen LogP contribution < -0.4 is 4.90 Å². The van der Waals surface area contributed by atoms with Crippen LogP contribution in [0.25, 0.3) is 22.3 Å². The van der Waals surface area contributed by atoms with Crippen molar-refractivity contribution < 1.29 is 14.3 Å². The van der Waals surface area contributed by atoms with Gasteiger partial charge in [0, 0.05) is 43.0 Å². The molecule has 3 aliphatic heterocycles. The second-order valence-electron chi connectivity index (χ2n) is 14.0. The van der Waals surface area contributed by atoms with Crippen molar-refractivity contribution in [3.8, 4) is 11.3 Å². The summed E-state index contributed by atoms with van der Waals surface area (Å²) in [6.07, 6.45) is 8.51. The lowest BCUT2D eigenvalue weighted by Crippen LogP contribution is -2.58. The number of likely N-dealkylation sites (tertiary alicyclic amines) is 2. The van der Waals surface area contributed by atoms with E-state index < -0.39 is 11.0 Å². The van der Waals surface area contributed by atoms with Crippen LogP contribution in [0.3, 0.4) is 0 Å². The lowest BCUT2D eigenvalue weighted by Gasteiger charge is -2.48. The topological polar surface area (TPSA) is 83.8 Å². The van der Waals surface area contributed by atoms with Crippen LogP contribution >= 0.6 is 11.6 Å². The van der Waals surface area contributed by atoms with E-state index in [4.69, 9.17) is 21.3 Å². The molecule has 9 nitrogen and oxygen atoms in total. The van der Waals surface area contributed by atoms with Gasteiger partial charge in [0.05, 0.1) is 23.0 Å². The Morgan fingerprint density at radius 3 is 2.45 bits per heavy atom. The molecule has 3 aromatic rings. The molecule has 1 aromatic carbocycles. The van der Waals surface area contributed by atoms with Gasteiger partial charge in [-0.1, -0.05) is 30.2 Å². The highest BCUT2D eigenvalue weighted by molar-refractivity contribution is 6.34. The molecule has 10 heteroatoms. The van der Waals surface area contributed by atoms with Crippen molar-refractivity contribution in [1.29, 1.82) is 0 Å². The molecule has 0 unspecified atom stereocenters. The van der Waals surface area contributed by atoms with Gasteiger partial charge in [-0.05, 0) is 97.0 Å². The summed E-state index contributed by atoms with van der Waals surface area (Å²) in [7, 11) is 0. The molecule has 44 heavy (non-hydrogen) atoms. The first-order valence-electron chi connectivity index (χ1n) is 16.3. The van der Waals surface area contributed by atoms with Gasteiger partial charge in [0.1, 0.15) is 11.1 Å². The van der Waals surface area contributed by atoms with Gasteiger partial charge in [-0.2, -0.15) is 0 Å². The van der Waals surface area contributed by atoms with Crippen molar-refractivity contribution in [2.75, 3.05) is 31.1 Å². The van der Waals surface area contributed by atoms with Gasteiger partial charge in [-0.3, -0.25) is 4.79 Å². The Hall–Kier alpha value is -3.17. The molecular weight excluding hydrogens is 576 g/mol. The largest absolute Gasteiger partial charge is 0.444 e. The molecule has 3 fully saturated rings. The van der Waals surface area contributed by atoms with Crippen molar-refractivity contribution in [1.82, 2.24) is 24.3 Å². The number of piperidine rings is 2. The number of aryl methyl sites for hydroxylation is 1. The maximum Gasteiger partial charge on any atom is 0.410 e. The number of rotatable bonds is 4. The standard InChI is InChI=1S/C34H43ClN6O3/c1-5-38-21-36-27-20-26(37-30(35)29(27)38)22-9-10-25-28(17-22)41(24-18-23(19-24)39-13-7-6-8-14-39)31(42)34(25)11-15-40(16-12-34)32(43)44-33(2,3)4/h9-10,17,20-21,23-24H,5-8,11-16,18-19H2,1-4H3/t23-,24+. The molecule has 0 radical (unpaired) electrons. The van der Waals surface area contributed by atoms with Crippen LogP contribution in [0.15, 0.2) is 30.6 Å². The van der Waals surface area contributed by atoms with Crippen molar-refractivity contribution in [3.63, 3.8) is 0 Å². The number of nitrogens with zero attached hydrogens (tertiary/aromatic N) is 6. The van der Waals surface area contributed by atoms with E-state index in [2.05, 4.69) is 39.9 Å². The van der Waals surface area contributed by atoms with Gasteiger partial charge < -0.3 is 24.0 Å². The van der Waals surface area contributed by atoms with Crippen molar-refractivity contribution in [3.05, 3.63) is 41.3 Å². The minimum Gasteiger partial charge on any atom is -0.444 e. The number of carbonyl (C=O) groups excluding carboxylic acids is 2. The third-order valence-electron chi connectivity index (χ3n) is 10.2. The molecule has 4 aliphatic rings. The van der Waals surface area contributed by atoms with Crippen molar-refractivity contribution in [2.45, 2.75) is 102 Å². The number of pyridine rings is 1. The molecule has 2 aromatic heterocycles. The van der Waals surface area contributed by atoms with Crippen LogP contribution in [0.2, 0.25) is 5.15 Å². The molecule has 2 amide bonds. The van der Waals surface area contributed by atoms with Gasteiger partial charge >= 0.3 is 6.09 Å². The summed E-state index contributed by atoms with van der Waals surface area (Å²) in [4.78, 5) is 43.3. The average Bonchev–Trinajstić information content (AvgIpc) is 3.50. The predicted octanol–water partition coefficient (Wildman–Crippen LogP) is 6.40. The quantitative estimate of drug-likeness (QED) is 0.315. The highest BCUT2D eigenvalue weighted by Crippen LogP contribution is 2.52. The van der Waals surface area contributed by atoms with Crippen molar-refractivity contribution >= 4 is 40.3 Å². The summed E-state index contributed by atoms with van der Waals surface area (Å²) in [5.41, 5.74) is 4.17. The van der Waals surface area contributed by atoms with Gasteiger partial charge in [-0.25, -0.2) is 14.8 Å². The van der Waals surface area contributed by atoms with Crippen LogP contribution in [-0.4, -0.2) is 80.2 Å². The maximum absolute atomic E-state index is 14.6. The number of anilines is 1. The van der Waals surface area contributed by atoms with Gasteiger partial charge in [0.15, 0.2) is 5.15 Å². The number of benzene rings is 1. The average molecular weight is 619 g/mol. The molecule has 7 rings (SSSR count). The molecule has 0 bridgehead atoms. The number of imidazole rings is 1. The Balaban J connectivity index is 1.21. The zero-order valence-electron chi connectivity index (χ0n) is 26.3. The Labute approximate surface area is 264 Å². The minimum atomic E-state index is -0.641. The second-order valence-corrected chi connectivity index (χ2v) is 14.4. The van der Waals surface area contributed by atoms with Gasteiger partial charge in [-0.15, -0.1) is 0 Å². The number of fused-ring (bicyclic) bond motifs is 3. The summed E-state index contributed by atoms with van der Waals surface area (Å²) in [5.74, 6) is 0.179. The van der Waals surface area contributed by atoms with E-state index in [0.717, 1.165) is 52.9 Å². The van der Waals surface area contributed by atoms with E-state index in [1.54, 1.807) is 11.2 Å². The number of halogens is 1. The van der Waals surface area contributed by atoms with Crippen LogP contribution in [-0.2, 0) is 21.5 Å². The van der Waals surface area contributed by atoms with Gasteiger partial charge in [0.2, 0.25) is 5.91 Å². The zero-order valence-corrected chi connectivity index (χ0v) is 27.1. The fourth-order valence-electron chi connectivity index (χ4n) is 7.78. The molecule has 1 spiro atoms. The fraction of sp³-hybridized carbons (Fsp3) is 0.588. The molecular formula is C34H43ClN6O3. The Kier molecular flexibility index (Phi) is 7.40. The molecule has 2 saturated heterocycles. The van der Waals surface area contributed by atoms with E-state index in [1.807, 2.05) is 31.4 Å². The van der Waals surface area contributed by atoms with Crippen molar-refractivity contribution in [2.24, 2.45) is 0 Å². The molecule has 1 saturated carbocycles. The van der Waals surface area contributed by atoms with E-state index in [0.29, 0.717) is 37.1 Å². The summed E-state index contributed by atoms with van der Waals surface area (Å²) in [6, 6.07) is 9.03. The maximum atomic E-state index is 14.6. The zero-order chi connectivity index (χ0) is 30.8. The smallest absolute Gasteiger partial charge is 0.410 e. The number of hydrogen-bond donors (Lipinski definition) is 0. The summed E-state index contributed by atoms with van der Waals surface area (Å²) < 4.78 is 7.66. The number of hydrogen-bond acceptors (Lipinski definition) is 6. The normalized spacial score (nSPS) is 23.7. The van der Waals surface area contributed by atoms with Crippen LogP contribution in [0, 0.1) is 0 Å². The number of carbonyl (C=O) groups is 2. The summed E-state index contributed by atoms with van der Waals surface area (Å²) >= 11 is 6.69. The van der Waals surface area contributed by atoms with Crippen LogP contribution in [0.5, 0.6) is 0 Å². The number of amides is 2. The summed E-state index contributed by atoms with van der Waals surface area (Å²) in [5, 5.41) is 0.430. The molecule has 0 N–H and O–H groups in total. The monoisotopic (exact) mass is 618 g/mol. The van der Waals surface area contributed by atoms with E-state index in [9.17, 15) is 9.59 Å². The van der Waals surface area contributed by atoms with E-state index in [1.165, 1.54) is 32.4 Å². The first-order valence-corrected chi connectivity index (χ1v) is 16.7. The summed E-state index contributed by atoms with van der Waals surface area (Å²) in [6.45, 7) is 11.8. The Morgan fingerprint density at radius 2 is 1.77 bits per heavy atom. The SMILES string of the molecule is CCn1cnc2cc(-c3ccc4c(c3)N([C@H]3C[C@@H](N5CCCCC5)C3)C(=O)C43CCN(C(=O)OC(C)(C)C)CC3)nc(Cl)c21. The molecule has 1 aliphatic carbocycles. The molecule has 234 valence electrons. The Bertz CT molecular complexity index is 1590. The molecule has 0 atom stereocenters.